The normalized spacial score (nSPS) is 11.7. The van der Waals surface area contributed by atoms with Gasteiger partial charge < -0.3 is 5.32 Å². The SMILES string of the molecule is CCCCN(CCC(=O)Nc1c(Cl)cccc1Cl)S(C)(=O)=O. The minimum absolute atomic E-state index is 0.0400. The topological polar surface area (TPSA) is 66.5 Å². The molecular formula is C14H20Cl2N2O3S. The molecule has 0 saturated carbocycles. The van der Waals surface area contributed by atoms with E-state index in [0.29, 0.717) is 22.3 Å². The summed E-state index contributed by atoms with van der Waals surface area (Å²) in [6.07, 6.45) is 2.82. The third-order valence-electron chi connectivity index (χ3n) is 3.05. The number of rotatable bonds is 8. The molecule has 5 nitrogen and oxygen atoms in total. The van der Waals surface area contributed by atoms with Gasteiger partial charge in [-0.3, -0.25) is 4.79 Å². The van der Waals surface area contributed by atoms with Crippen molar-refractivity contribution in [2.75, 3.05) is 24.7 Å². The zero-order chi connectivity index (χ0) is 16.8. The number of hydrogen-bond acceptors (Lipinski definition) is 3. The van der Waals surface area contributed by atoms with E-state index in [1.165, 1.54) is 4.31 Å². The summed E-state index contributed by atoms with van der Waals surface area (Å²) in [5, 5.41) is 3.30. The molecule has 1 aromatic rings. The van der Waals surface area contributed by atoms with Crippen molar-refractivity contribution in [1.82, 2.24) is 4.31 Å². The van der Waals surface area contributed by atoms with Gasteiger partial charge in [-0.25, -0.2) is 12.7 Å². The average Bonchev–Trinajstić information content (AvgIpc) is 2.41. The molecule has 0 atom stereocenters. The molecular weight excluding hydrogens is 347 g/mol. The Kier molecular flexibility index (Phi) is 7.62. The van der Waals surface area contributed by atoms with Crippen LogP contribution < -0.4 is 5.32 Å². The summed E-state index contributed by atoms with van der Waals surface area (Å²) < 4.78 is 24.6. The summed E-state index contributed by atoms with van der Waals surface area (Å²) in [5.74, 6) is -0.333. The van der Waals surface area contributed by atoms with Gasteiger partial charge >= 0.3 is 0 Å². The molecule has 1 rings (SSSR count). The standard InChI is InChI=1S/C14H20Cl2N2O3S/c1-3-4-9-18(22(2,20)21)10-8-13(19)17-14-11(15)6-5-7-12(14)16/h5-7H,3-4,8-10H2,1-2H3,(H,17,19). The van der Waals surface area contributed by atoms with Gasteiger partial charge in [-0.05, 0) is 18.6 Å². The lowest BCUT2D eigenvalue weighted by atomic mass is 10.3. The van der Waals surface area contributed by atoms with Crippen LogP contribution >= 0.6 is 23.2 Å². The molecule has 0 aliphatic rings. The van der Waals surface area contributed by atoms with Crippen LogP contribution in [0, 0.1) is 0 Å². The van der Waals surface area contributed by atoms with Gasteiger partial charge in [0, 0.05) is 19.5 Å². The molecule has 0 aliphatic carbocycles. The third-order valence-corrected chi connectivity index (χ3v) is 4.98. The minimum Gasteiger partial charge on any atom is -0.324 e. The van der Waals surface area contributed by atoms with Crippen molar-refractivity contribution >= 4 is 44.8 Å². The Labute approximate surface area is 141 Å². The molecule has 22 heavy (non-hydrogen) atoms. The quantitative estimate of drug-likeness (QED) is 0.766. The average molecular weight is 367 g/mol. The highest BCUT2D eigenvalue weighted by Gasteiger charge is 2.18. The number of sulfonamides is 1. The van der Waals surface area contributed by atoms with Gasteiger partial charge in [0.25, 0.3) is 0 Å². The first-order chi connectivity index (χ1) is 10.3. The second-order valence-corrected chi connectivity index (χ2v) is 7.71. The number of para-hydroxylation sites is 1. The number of carbonyl (C=O) groups is 1. The molecule has 0 aromatic heterocycles. The molecule has 0 unspecified atom stereocenters. The largest absolute Gasteiger partial charge is 0.324 e. The summed E-state index contributed by atoms with van der Waals surface area (Å²) in [6.45, 7) is 2.52. The Morgan fingerprint density at radius 1 is 1.23 bits per heavy atom. The Morgan fingerprint density at radius 3 is 2.32 bits per heavy atom. The Bertz CT molecular complexity index is 600. The fraction of sp³-hybridized carbons (Fsp3) is 0.500. The number of amides is 1. The van der Waals surface area contributed by atoms with Crippen molar-refractivity contribution in [1.29, 1.82) is 0 Å². The van der Waals surface area contributed by atoms with E-state index in [-0.39, 0.29) is 18.9 Å². The highest BCUT2D eigenvalue weighted by molar-refractivity contribution is 7.88. The zero-order valence-electron chi connectivity index (χ0n) is 12.6. The van der Waals surface area contributed by atoms with E-state index in [1.807, 2.05) is 6.92 Å². The number of nitrogens with one attached hydrogen (secondary N) is 1. The first kappa shape index (κ1) is 19.2. The van der Waals surface area contributed by atoms with Crippen LogP contribution in [0.4, 0.5) is 5.69 Å². The predicted octanol–water partition coefficient (Wildman–Crippen LogP) is 3.38. The molecule has 0 spiro atoms. The van der Waals surface area contributed by atoms with Crippen LogP contribution in [0.5, 0.6) is 0 Å². The van der Waals surface area contributed by atoms with Gasteiger partial charge in [-0.15, -0.1) is 0 Å². The number of nitrogens with zero attached hydrogens (tertiary/aromatic N) is 1. The molecule has 1 N–H and O–H groups in total. The number of hydrogen-bond donors (Lipinski definition) is 1. The monoisotopic (exact) mass is 366 g/mol. The van der Waals surface area contributed by atoms with E-state index < -0.39 is 10.0 Å². The summed E-state index contributed by atoms with van der Waals surface area (Å²) in [4.78, 5) is 12.0. The van der Waals surface area contributed by atoms with Crippen molar-refractivity contribution in [2.24, 2.45) is 0 Å². The molecule has 0 bridgehead atoms. The van der Waals surface area contributed by atoms with E-state index in [0.717, 1.165) is 19.1 Å². The summed E-state index contributed by atoms with van der Waals surface area (Å²) in [5.41, 5.74) is 0.343. The minimum atomic E-state index is -3.32. The number of halogens is 2. The molecule has 1 amide bonds. The summed E-state index contributed by atoms with van der Waals surface area (Å²) in [6, 6.07) is 4.91. The van der Waals surface area contributed by atoms with Crippen LogP contribution in [0.15, 0.2) is 18.2 Å². The molecule has 0 aliphatic heterocycles. The number of anilines is 1. The van der Waals surface area contributed by atoms with Crippen LogP contribution in [0.25, 0.3) is 0 Å². The van der Waals surface area contributed by atoms with E-state index in [9.17, 15) is 13.2 Å². The fourth-order valence-corrected chi connectivity index (χ4v) is 3.20. The van der Waals surface area contributed by atoms with E-state index in [2.05, 4.69) is 5.32 Å². The third kappa shape index (κ3) is 6.12. The Balaban J connectivity index is 2.64. The van der Waals surface area contributed by atoms with Gasteiger partial charge in [0.15, 0.2) is 0 Å². The lowest BCUT2D eigenvalue weighted by molar-refractivity contribution is -0.116. The molecule has 0 saturated heterocycles. The zero-order valence-corrected chi connectivity index (χ0v) is 14.9. The number of benzene rings is 1. The maximum Gasteiger partial charge on any atom is 0.225 e. The molecule has 1 aromatic carbocycles. The Morgan fingerprint density at radius 2 is 1.82 bits per heavy atom. The first-order valence-electron chi connectivity index (χ1n) is 6.94. The van der Waals surface area contributed by atoms with Crippen molar-refractivity contribution in [3.05, 3.63) is 28.2 Å². The van der Waals surface area contributed by atoms with Crippen molar-refractivity contribution in [2.45, 2.75) is 26.2 Å². The predicted molar refractivity (Wildman–Crippen MR) is 91.0 cm³/mol. The molecule has 0 fully saturated rings. The van der Waals surface area contributed by atoms with Crippen molar-refractivity contribution in [3.8, 4) is 0 Å². The van der Waals surface area contributed by atoms with Gasteiger partial charge in [0.1, 0.15) is 0 Å². The van der Waals surface area contributed by atoms with Crippen LogP contribution in [0.1, 0.15) is 26.2 Å². The second-order valence-electron chi connectivity index (χ2n) is 4.91. The lowest BCUT2D eigenvalue weighted by Gasteiger charge is -2.19. The van der Waals surface area contributed by atoms with Gasteiger partial charge in [-0.2, -0.15) is 0 Å². The highest BCUT2D eigenvalue weighted by atomic mass is 35.5. The second kappa shape index (κ2) is 8.72. The van der Waals surface area contributed by atoms with Crippen molar-refractivity contribution in [3.63, 3.8) is 0 Å². The molecule has 0 radical (unpaired) electrons. The Hall–Kier alpha value is -0.820. The lowest BCUT2D eigenvalue weighted by Crippen LogP contribution is -2.33. The number of carbonyl (C=O) groups excluding carboxylic acids is 1. The van der Waals surface area contributed by atoms with E-state index in [1.54, 1.807) is 18.2 Å². The summed E-state index contributed by atoms with van der Waals surface area (Å²) >= 11 is 11.9. The number of unbranched alkanes of at least 4 members (excludes halogenated alkanes) is 1. The van der Waals surface area contributed by atoms with Crippen LogP contribution in [-0.2, 0) is 14.8 Å². The maximum absolute atomic E-state index is 12.0. The van der Waals surface area contributed by atoms with Crippen molar-refractivity contribution < 1.29 is 13.2 Å². The maximum atomic E-state index is 12.0. The molecule has 124 valence electrons. The van der Waals surface area contributed by atoms with E-state index >= 15 is 0 Å². The van der Waals surface area contributed by atoms with Gasteiger partial charge in [0.2, 0.25) is 15.9 Å². The fourth-order valence-electron chi connectivity index (χ4n) is 1.82. The highest BCUT2D eigenvalue weighted by Crippen LogP contribution is 2.29. The smallest absolute Gasteiger partial charge is 0.225 e. The first-order valence-corrected chi connectivity index (χ1v) is 9.55. The summed E-state index contributed by atoms with van der Waals surface area (Å²) in [7, 11) is -3.32. The van der Waals surface area contributed by atoms with Crippen LogP contribution in [0.2, 0.25) is 10.0 Å². The van der Waals surface area contributed by atoms with E-state index in [4.69, 9.17) is 23.2 Å². The molecule has 8 heteroatoms. The molecule has 0 heterocycles. The van der Waals surface area contributed by atoms with Crippen LogP contribution in [0.3, 0.4) is 0 Å². The van der Waals surface area contributed by atoms with Crippen LogP contribution in [-0.4, -0.2) is 38.0 Å². The van der Waals surface area contributed by atoms with Gasteiger partial charge in [-0.1, -0.05) is 42.6 Å². The van der Waals surface area contributed by atoms with Gasteiger partial charge in [0.05, 0.1) is 22.0 Å².